The molecule has 3 nitrogen and oxygen atoms in total. The van der Waals surface area contributed by atoms with E-state index in [1.54, 1.807) is 6.20 Å². The first kappa shape index (κ1) is 17.0. The van der Waals surface area contributed by atoms with E-state index in [4.69, 9.17) is 8.84 Å². The van der Waals surface area contributed by atoms with E-state index >= 15 is 0 Å². The van der Waals surface area contributed by atoms with Gasteiger partial charge in [-0.3, -0.25) is 0 Å². The maximum absolute atomic E-state index is 6.06. The fraction of sp³-hybridized carbons (Fsp3) is 0.750. The van der Waals surface area contributed by atoms with Gasteiger partial charge in [-0.2, -0.15) is 0 Å². The third-order valence-electron chi connectivity index (χ3n) is 3.27. The van der Waals surface area contributed by atoms with Crippen LogP contribution in [0.1, 0.15) is 33.0 Å². The summed E-state index contributed by atoms with van der Waals surface area (Å²) in [6.45, 7) is 12.1. The van der Waals surface area contributed by atoms with Gasteiger partial charge in [0.05, 0.1) is 0 Å². The van der Waals surface area contributed by atoms with E-state index in [0.717, 1.165) is 25.2 Å². The molecular formula is C12H22LiNO2Si. The Bertz CT molecular complexity index is 307. The van der Waals surface area contributed by atoms with Crippen molar-refractivity contribution >= 4 is 8.32 Å². The minimum Gasteiger partial charge on any atom is -0.578 e. The Morgan fingerprint density at radius 2 is 2.06 bits per heavy atom. The molecule has 0 saturated carbocycles. The number of oxazole rings is 1. The van der Waals surface area contributed by atoms with Crippen LogP contribution in [0, 0.1) is 6.39 Å². The van der Waals surface area contributed by atoms with E-state index in [9.17, 15) is 0 Å². The van der Waals surface area contributed by atoms with Crippen molar-refractivity contribution in [2.45, 2.75) is 51.7 Å². The number of rotatable bonds is 5. The summed E-state index contributed by atoms with van der Waals surface area (Å²) in [7, 11) is -1.58. The molecule has 0 aromatic carbocycles. The summed E-state index contributed by atoms with van der Waals surface area (Å²) in [6, 6.07) is 0. The molecule has 0 atom stereocenters. The van der Waals surface area contributed by atoms with Gasteiger partial charge in [-0.15, -0.1) is 0 Å². The van der Waals surface area contributed by atoms with Crippen LogP contribution in [0.25, 0.3) is 0 Å². The normalized spacial score (nSPS) is 12.3. The van der Waals surface area contributed by atoms with Crippen LogP contribution in [0.2, 0.25) is 18.1 Å². The maximum Gasteiger partial charge on any atom is 1.00 e. The second kappa shape index (κ2) is 6.79. The molecule has 1 aromatic heterocycles. The summed E-state index contributed by atoms with van der Waals surface area (Å²) < 4.78 is 11.1. The average Bonchev–Trinajstić information content (AvgIpc) is 2.63. The standard InChI is InChI=1S/C12H22NO2Si.Li/c1-12(2,3)16(4,5)15-8-6-7-11-9-13-10-14-11;/h9H,6-8H2,1-5H3;/q-1;+1. The molecule has 0 radical (unpaired) electrons. The van der Waals surface area contributed by atoms with E-state index in [1.807, 2.05) is 0 Å². The number of nitrogens with zero attached hydrogens (tertiary/aromatic N) is 1. The van der Waals surface area contributed by atoms with Crippen LogP contribution in [0.5, 0.6) is 0 Å². The fourth-order valence-electron chi connectivity index (χ4n) is 1.12. The van der Waals surface area contributed by atoms with E-state index in [2.05, 4.69) is 45.2 Å². The van der Waals surface area contributed by atoms with Gasteiger partial charge in [-0.1, -0.05) is 27.0 Å². The molecule has 0 fully saturated rings. The van der Waals surface area contributed by atoms with Gasteiger partial charge in [-0.25, -0.2) is 0 Å². The zero-order valence-electron chi connectivity index (χ0n) is 12.0. The quantitative estimate of drug-likeness (QED) is 0.430. The Hall–Kier alpha value is -0.0157. The molecule has 0 unspecified atom stereocenters. The third kappa shape index (κ3) is 5.43. The molecule has 0 bridgehead atoms. The molecular weight excluding hydrogens is 225 g/mol. The van der Waals surface area contributed by atoms with E-state index < -0.39 is 8.32 Å². The monoisotopic (exact) mass is 247 g/mol. The zero-order chi connectivity index (χ0) is 12.2. The van der Waals surface area contributed by atoms with Gasteiger partial charge in [-0.05, 0) is 36.7 Å². The molecule has 0 aliphatic carbocycles. The first-order chi connectivity index (χ1) is 7.33. The van der Waals surface area contributed by atoms with Crippen molar-refractivity contribution in [3.8, 4) is 0 Å². The summed E-state index contributed by atoms with van der Waals surface area (Å²) in [5.74, 6) is 0.888. The molecule has 0 spiro atoms. The van der Waals surface area contributed by atoms with Crippen molar-refractivity contribution in [1.29, 1.82) is 0 Å². The topological polar surface area (TPSA) is 35.3 Å². The van der Waals surface area contributed by atoms with Crippen LogP contribution in [0.3, 0.4) is 0 Å². The number of aryl methyl sites for hydroxylation is 1. The van der Waals surface area contributed by atoms with Crippen LogP contribution in [-0.2, 0) is 10.8 Å². The molecule has 5 heteroatoms. The summed E-state index contributed by atoms with van der Waals surface area (Å²) >= 11 is 0. The van der Waals surface area contributed by atoms with Crippen LogP contribution in [0.4, 0.5) is 0 Å². The van der Waals surface area contributed by atoms with Crippen molar-refractivity contribution < 1.29 is 27.7 Å². The minimum absolute atomic E-state index is 0. The first-order valence-corrected chi connectivity index (χ1v) is 8.68. The maximum atomic E-state index is 6.06. The molecule has 0 aliphatic heterocycles. The molecule has 0 aliphatic rings. The predicted molar refractivity (Wildman–Crippen MR) is 66.8 cm³/mol. The molecule has 17 heavy (non-hydrogen) atoms. The average molecular weight is 247 g/mol. The smallest absolute Gasteiger partial charge is 0.578 e. The fourth-order valence-corrected chi connectivity index (χ4v) is 2.20. The van der Waals surface area contributed by atoms with Crippen molar-refractivity contribution in [3.05, 3.63) is 18.4 Å². The molecule has 1 rings (SSSR count). The summed E-state index contributed by atoms with van der Waals surface area (Å²) in [5, 5.41) is 0.285. The molecule has 1 heterocycles. The van der Waals surface area contributed by atoms with Gasteiger partial charge in [0.15, 0.2) is 8.32 Å². The number of aromatic nitrogens is 1. The third-order valence-corrected chi connectivity index (χ3v) is 7.81. The van der Waals surface area contributed by atoms with Gasteiger partial charge >= 0.3 is 18.9 Å². The van der Waals surface area contributed by atoms with Gasteiger partial charge in [0.1, 0.15) is 6.39 Å². The number of hydrogen-bond acceptors (Lipinski definition) is 3. The van der Waals surface area contributed by atoms with E-state index in [-0.39, 0.29) is 23.9 Å². The minimum atomic E-state index is -1.58. The van der Waals surface area contributed by atoms with Gasteiger partial charge in [0.25, 0.3) is 0 Å². The Kier molecular flexibility index (Phi) is 6.79. The van der Waals surface area contributed by atoms with Gasteiger partial charge in [0.2, 0.25) is 0 Å². The largest absolute Gasteiger partial charge is 1.00 e. The Labute approximate surface area is 118 Å². The molecule has 1 aromatic rings. The summed E-state index contributed by atoms with van der Waals surface area (Å²) in [4.78, 5) is 3.77. The summed E-state index contributed by atoms with van der Waals surface area (Å²) in [5.41, 5.74) is 0. The van der Waals surface area contributed by atoms with Crippen molar-refractivity contribution in [2.75, 3.05) is 6.61 Å². The Morgan fingerprint density at radius 3 is 2.53 bits per heavy atom. The Morgan fingerprint density at radius 1 is 1.41 bits per heavy atom. The predicted octanol–water partition coefficient (Wildman–Crippen LogP) is 0.433. The van der Waals surface area contributed by atoms with E-state index in [1.165, 1.54) is 0 Å². The first-order valence-electron chi connectivity index (χ1n) is 5.78. The van der Waals surface area contributed by atoms with Crippen LogP contribution in [-0.4, -0.2) is 19.9 Å². The van der Waals surface area contributed by atoms with Crippen molar-refractivity contribution in [2.24, 2.45) is 0 Å². The van der Waals surface area contributed by atoms with Crippen LogP contribution < -0.4 is 18.9 Å². The molecule has 0 N–H and O–H groups in total. The van der Waals surface area contributed by atoms with Gasteiger partial charge < -0.3 is 13.8 Å². The van der Waals surface area contributed by atoms with Crippen molar-refractivity contribution in [3.63, 3.8) is 0 Å². The molecule has 92 valence electrons. The molecule has 0 saturated heterocycles. The molecule has 0 amide bonds. The van der Waals surface area contributed by atoms with Crippen LogP contribution in [0.15, 0.2) is 10.6 Å². The Balaban J connectivity index is 0.00000256. The SMILES string of the molecule is CC(C)(C)[Si](C)(C)OCCCc1cn[c-]o1.[Li+]. The van der Waals surface area contributed by atoms with Gasteiger partial charge in [0, 0.05) is 6.61 Å². The summed E-state index contributed by atoms with van der Waals surface area (Å²) in [6.07, 6.45) is 6.03. The van der Waals surface area contributed by atoms with E-state index in [0.29, 0.717) is 0 Å². The second-order valence-electron chi connectivity index (χ2n) is 5.63. The zero-order valence-corrected chi connectivity index (χ0v) is 13.0. The van der Waals surface area contributed by atoms with Crippen LogP contribution >= 0.6 is 0 Å². The second-order valence-corrected chi connectivity index (χ2v) is 10.4. The van der Waals surface area contributed by atoms with Crippen molar-refractivity contribution in [1.82, 2.24) is 4.98 Å². The number of hydrogen-bond donors (Lipinski definition) is 0.